The van der Waals surface area contributed by atoms with Crippen molar-refractivity contribution in [3.8, 4) is 5.75 Å². The number of benzene rings is 1. The molecule has 1 aromatic rings. The number of aliphatic hydroxyl groups is 6. The lowest BCUT2D eigenvalue weighted by atomic mass is 9.79. The molecule has 0 aliphatic carbocycles. The van der Waals surface area contributed by atoms with Crippen molar-refractivity contribution in [3.05, 3.63) is 28.8 Å². The third-order valence-electron chi connectivity index (χ3n) is 7.46. The second-order valence-corrected chi connectivity index (χ2v) is 13.1. The molecule has 2 fully saturated rings. The summed E-state index contributed by atoms with van der Waals surface area (Å²) in [6, 6.07) is 3.37. The van der Waals surface area contributed by atoms with Crippen molar-refractivity contribution >= 4 is 5.97 Å². The first-order chi connectivity index (χ1) is 19.2. The number of likely N-dealkylation sites (N-methyl/N-ethyl adjacent to an activating group) is 1. The molecule has 14 nitrogen and oxygen atoms in total. The molecule has 0 saturated carbocycles. The van der Waals surface area contributed by atoms with Crippen LogP contribution in [0, 0.1) is 0 Å². The van der Waals surface area contributed by atoms with Crippen molar-refractivity contribution in [2.24, 2.45) is 5.84 Å². The molecule has 0 spiro atoms. The number of aliphatic hydroxyl groups excluding tert-OH is 6. The summed E-state index contributed by atoms with van der Waals surface area (Å²) in [6.45, 7) is 10.9. The van der Waals surface area contributed by atoms with Crippen LogP contribution in [0.4, 0.5) is 0 Å². The second-order valence-electron chi connectivity index (χ2n) is 13.1. The molecule has 2 aliphatic heterocycles. The summed E-state index contributed by atoms with van der Waals surface area (Å²) in [5.41, 5.74) is 0.385. The maximum atomic E-state index is 13.2. The van der Waals surface area contributed by atoms with Gasteiger partial charge in [0.05, 0.1) is 0 Å². The molecule has 14 heteroatoms. The minimum Gasteiger partial charge on any atom is -0.507 e. The normalized spacial score (nSPS) is 34.5. The van der Waals surface area contributed by atoms with E-state index in [1.165, 1.54) is 18.1 Å². The lowest BCUT2D eigenvalue weighted by Gasteiger charge is -2.45. The predicted octanol–water partition coefficient (Wildman–Crippen LogP) is -1.42. The highest BCUT2D eigenvalue weighted by atomic mass is 16.8. The molecule has 0 radical (unpaired) electrons. The molecule has 10 unspecified atom stereocenters. The zero-order valence-corrected chi connectivity index (χ0v) is 25.0. The van der Waals surface area contributed by atoms with Gasteiger partial charge in [0.15, 0.2) is 12.6 Å². The molecule has 9 N–H and O–H groups in total. The van der Waals surface area contributed by atoms with Crippen LogP contribution in [-0.4, -0.2) is 128 Å². The maximum Gasteiger partial charge on any atom is 0.342 e. The van der Waals surface area contributed by atoms with Gasteiger partial charge in [-0.1, -0.05) is 47.6 Å². The Balaban J connectivity index is 1.78. The zero-order chi connectivity index (χ0) is 31.9. The number of rotatable bonds is 7. The molecule has 1 aromatic carbocycles. The van der Waals surface area contributed by atoms with Crippen LogP contribution >= 0.6 is 0 Å². The monoisotopic (exact) mass is 602 g/mol. The van der Waals surface area contributed by atoms with Crippen LogP contribution in [0.5, 0.6) is 5.75 Å². The topological polar surface area (TPSA) is 225 Å². The molecule has 0 amide bonds. The number of esters is 1. The van der Waals surface area contributed by atoms with E-state index in [1.807, 2.05) is 47.6 Å². The fourth-order valence-electron chi connectivity index (χ4n) is 4.79. The number of hydrogen-bond donors (Lipinski definition) is 8. The lowest BCUT2D eigenvalue weighted by Crippen LogP contribution is -2.64. The average Bonchev–Trinajstić information content (AvgIpc) is 2.87. The van der Waals surface area contributed by atoms with Gasteiger partial charge in [0.2, 0.25) is 0 Å². The molecule has 2 aliphatic rings. The fourth-order valence-corrected chi connectivity index (χ4v) is 4.79. The SMILES string of the molecule is CN(N)CC1OC(OC2OC(COC(=O)c3cc(C(C)(C)C)cc(C(C)(C)C)c3O)C(O)C(O)C2O)C(O)C(O)C1O. The first-order valence-electron chi connectivity index (χ1n) is 13.8. The first-order valence-corrected chi connectivity index (χ1v) is 13.8. The van der Waals surface area contributed by atoms with Crippen molar-refractivity contribution in [2.45, 2.75) is 114 Å². The second kappa shape index (κ2) is 13.0. The van der Waals surface area contributed by atoms with E-state index in [1.54, 1.807) is 0 Å². The van der Waals surface area contributed by atoms with Crippen molar-refractivity contribution in [3.63, 3.8) is 0 Å². The van der Waals surface area contributed by atoms with Gasteiger partial charge in [0, 0.05) is 19.2 Å². The maximum absolute atomic E-state index is 13.2. The number of carbonyl (C=O) groups excluding carboxylic acids is 1. The van der Waals surface area contributed by atoms with E-state index in [2.05, 4.69) is 0 Å². The molecule has 2 heterocycles. The molecule has 240 valence electrons. The van der Waals surface area contributed by atoms with Gasteiger partial charge in [0.25, 0.3) is 0 Å². The first kappa shape index (κ1) is 34.5. The molecule has 42 heavy (non-hydrogen) atoms. The standard InChI is InChI=1S/C28H46N2O12/c1-27(2,3)12-8-13(17(31)14(9-12)28(4,5)6)24(38)39-11-16-19(33)21(35)23(37)26(41-16)42-25-22(36)20(34)18(32)15(40-25)10-30(7)29/h8-9,15-16,18-23,25-26,31-37H,10-11,29H2,1-7H3. The van der Waals surface area contributed by atoms with Crippen LogP contribution in [0.15, 0.2) is 12.1 Å². The summed E-state index contributed by atoms with van der Waals surface area (Å²) in [4.78, 5) is 13.2. The number of hydrogen-bond acceptors (Lipinski definition) is 14. The summed E-state index contributed by atoms with van der Waals surface area (Å²) in [5.74, 6) is 4.46. The smallest absolute Gasteiger partial charge is 0.342 e. The van der Waals surface area contributed by atoms with Crippen LogP contribution in [0.2, 0.25) is 0 Å². The van der Waals surface area contributed by atoms with Crippen LogP contribution in [-0.2, 0) is 29.8 Å². The van der Waals surface area contributed by atoms with Crippen LogP contribution in [0.1, 0.15) is 63.0 Å². The Morgan fingerprint density at radius 1 is 0.833 bits per heavy atom. The molecule has 3 rings (SSSR count). The van der Waals surface area contributed by atoms with Crippen LogP contribution in [0.3, 0.4) is 0 Å². The van der Waals surface area contributed by atoms with E-state index < -0.39 is 79.4 Å². The Morgan fingerprint density at radius 2 is 1.33 bits per heavy atom. The van der Waals surface area contributed by atoms with Gasteiger partial charge in [-0.25, -0.2) is 9.80 Å². The van der Waals surface area contributed by atoms with Gasteiger partial charge in [-0.3, -0.25) is 5.84 Å². The minimum atomic E-state index is -1.83. The molecular weight excluding hydrogens is 556 g/mol. The molecule has 2 saturated heterocycles. The van der Waals surface area contributed by atoms with Gasteiger partial charge in [-0.2, -0.15) is 0 Å². The molecule has 0 bridgehead atoms. The van der Waals surface area contributed by atoms with Gasteiger partial charge < -0.3 is 54.7 Å². The number of nitrogens with zero attached hydrogens (tertiary/aromatic N) is 1. The van der Waals surface area contributed by atoms with E-state index in [9.17, 15) is 40.5 Å². The van der Waals surface area contributed by atoms with Gasteiger partial charge >= 0.3 is 5.97 Å². The molecular formula is C28H46N2O12. The predicted molar refractivity (Wildman–Crippen MR) is 147 cm³/mol. The minimum absolute atomic E-state index is 0.0566. The number of aromatic hydroxyl groups is 1. The number of phenolic OH excluding ortho intramolecular Hbond substituents is 1. The summed E-state index contributed by atoms with van der Waals surface area (Å²) < 4.78 is 22.0. The number of hydrazine groups is 1. The van der Waals surface area contributed by atoms with Crippen molar-refractivity contribution in [1.82, 2.24) is 5.01 Å². The summed E-state index contributed by atoms with van der Waals surface area (Å²) >= 11 is 0. The van der Waals surface area contributed by atoms with Crippen LogP contribution < -0.4 is 5.84 Å². The van der Waals surface area contributed by atoms with E-state index in [0.29, 0.717) is 5.56 Å². The summed E-state index contributed by atoms with van der Waals surface area (Å²) in [7, 11) is 1.49. The van der Waals surface area contributed by atoms with Gasteiger partial charge in [0.1, 0.15) is 66.8 Å². The zero-order valence-electron chi connectivity index (χ0n) is 25.0. The highest BCUT2D eigenvalue weighted by Crippen LogP contribution is 2.38. The van der Waals surface area contributed by atoms with Crippen molar-refractivity contribution < 1.29 is 59.5 Å². The quantitative estimate of drug-likeness (QED) is 0.102. The van der Waals surface area contributed by atoms with Crippen molar-refractivity contribution in [1.29, 1.82) is 0 Å². The average molecular weight is 603 g/mol. The van der Waals surface area contributed by atoms with E-state index >= 15 is 0 Å². The van der Waals surface area contributed by atoms with E-state index in [4.69, 9.17) is 24.8 Å². The Morgan fingerprint density at radius 3 is 1.81 bits per heavy atom. The third kappa shape index (κ3) is 7.57. The lowest BCUT2D eigenvalue weighted by molar-refractivity contribution is -0.375. The highest BCUT2D eigenvalue weighted by Gasteiger charge is 2.50. The third-order valence-corrected chi connectivity index (χ3v) is 7.46. The molecule has 0 aromatic heterocycles. The molecule has 10 atom stereocenters. The van der Waals surface area contributed by atoms with E-state index in [0.717, 1.165) is 5.56 Å². The van der Waals surface area contributed by atoms with Crippen LogP contribution in [0.25, 0.3) is 0 Å². The van der Waals surface area contributed by atoms with Gasteiger partial charge in [-0.05, 0) is 22.5 Å². The van der Waals surface area contributed by atoms with Gasteiger partial charge in [-0.15, -0.1) is 0 Å². The Hall–Kier alpha value is -1.95. The Bertz CT molecular complexity index is 1090. The number of nitrogens with two attached hydrogens (primary N) is 1. The van der Waals surface area contributed by atoms with E-state index in [-0.39, 0.29) is 23.3 Å². The summed E-state index contributed by atoms with van der Waals surface area (Å²) in [5, 5.41) is 74.5. The Labute approximate surface area is 245 Å². The number of phenols is 1. The largest absolute Gasteiger partial charge is 0.507 e. The highest BCUT2D eigenvalue weighted by molar-refractivity contribution is 5.93. The van der Waals surface area contributed by atoms with Crippen molar-refractivity contribution in [2.75, 3.05) is 20.2 Å². The fraction of sp³-hybridized carbons (Fsp3) is 0.750. The summed E-state index contributed by atoms with van der Waals surface area (Å²) in [6.07, 6.45) is -16.2. The number of ether oxygens (including phenoxy) is 4. The Kier molecular flexibility index (Phi) is 10.7. The number of carbonyl (C=O) groups is 1.